The van der Waals surface area contributed by atoms with Crippen molar-refractivity contribution in [2.75, 3.05) is 0 Å². The van der Waals surface area contributed by atoms with E-state index in [0.717, 1.165) is 6.07 Å². The highest BCUT2D eigenvalue weighted by atomic mass is 19.2. The Labute approximate surface area is 126 Å². The summed E-state index contributed by atoms with van der Waals surface area (Å²) in [7, 11) is 0. The quantitative estimate of drug-likeness (QED) is 0.912. The fourth-order valence-electron chi connectivity index (χ4n) is 2.55. The van der Waals surface area contributed by atoms with Gasteiger partial charge in [-0.05, 0) is 23.6 Å². The minimum absolute atomic E-state index is 0.248. The molecule has 0 spiro atoms. The molecule has 1 amide bonds. The number of aliphatic hydroxyl groups is 1. The van der Waals surface area contributed by atoms with Gasteiger partial charge in [0.05, 0.1) is 0 Å². The molecule has 3 nitrogen and oxygen atoms in total. The zero-order valence-corrected chi connectivity index (χ0v) is 11.7. The lowest BCUT2D eigenvalue weighted by Crippen LogP contribution is -2.31. The van der Waals surface area contributed by atoms with Crippen LogP contribution in [0, 0.1) is 11.6 Å². The maximum Gasteiger partial charge on any atom is 0.253 e. The van der Waals surface area contributed by atoms with E-state index in [1.54, 1.807) is 30.3 Å². The molecule has 3 atom stereocenters. The van der Waals surface area contributed by atoms with E-state index < -0.39 is 23.6 Å². The maximum atomic E-state index is 13.7. The normalized spacial score (nSPS) is 21.2. The van der Waals surface area contributed by atoms with Crippen molar-refractivity contribution in [3.63, 3.8) is 0 Å². The molecule has 114 valence electrons. The second-order valence-corrected chi connectivity index (χ2v) is 5.41. The summed E-state index contributed by atoms with van der Waals surface area (Å²) in [6, 6.07) is 12.3. The lowest BCUT2D eigenvalue weighted by Gasteiger charge is -2.11. The van der Waals surface area contributed by atoms with Crippen LogP contribution in [0.15, 0.2) is 48.5 Å². The molecule has 0 unspecified atom stereocenters. The SMILES string of the molecule is O=C(N[C@@H]1C[C@H]1c1cccc(F)c1F)[C@H](O)c1ccccc1. The van der Waals surface area contributed by atoms with Gasteiger partial charge >= 0.3 is 0 Å². The van der Waals surface area contributed by atoms with Crippen LogP contribution in [-0.4, -0.2) is 17.1 Å². The monoisotopic (exact) mass is 303 g/mol. The lowest BCUT2D eigenvalue weighted by molar-refractivity contribution is -0.129. The van der Waals surface area contributed by atoms with Gasteiger partial charge in [0, 0.05) is 12.0 Å². The smallest absolute Gasteiger partial charge is 0.253 e. The van der Waals surface area contributed by atoms with Crippen molar-refractivity contribution in [3.8, 4) is 0 Å². The van der Waals surface area contributed by atoms with E-state index in [2.05, 4.69) is 5.32 Å². The zero-order valence-electron chi connectivity index (χ0n) is 11.7. The van der Waals surface area contributed by atoms with E-state index in [1.807, 2.05) is 0 Å². The van der Waals surface area contributed by atoms with Crippen LogP contribution in [0.25, 0.3) is 0 Å². The molecule has 1 aliphatic rings. The van der Waals surface area contributed by atoms with E-state index in [1.165, 1.54) is 12.1 Å². The Bertz CT molecular complexity index is 690. The minimum Gasteiger partial charge on any atom is -0.378 e. The predicted molar refractivity (Wildman–Crippen MR) is 77.0 cm³/mol. The van der Waals surface area contributed by atoms with E-state index in [0.29, 0.717) is 12.0 Å². The number of aliphatic hydroxyl groups excluding tert-OH is 1. The first-order valence-electron chi connectivity index (χ1n) is 7.05. The molecule has 2 N–H and O–H groups in total. The van der Waals surface area contributed by atoms with Crippen LogP contribution in [0.3, 0.4) is 0 Å². The van der Waals surface area contributed by atoms with Crippen LogP contribution in [-0.2, 0) is 4.79 Å². The molecule has 5 heteroatoms. The van der Waals surface area contributed by atoms with Crippen molar-refractivity contribution in [2.45, 2.75) is 24.5 Å². The average molecular weight is 303 g/mol. The number of hydrogen-bond donors (Lipinski definition) is 2. The molecule has 0 radical (unpaired) electrons. The Morgan fingerprint density at radius 2 is 1.86 bits per heavy atom. The molecule has 0 aliphatic heterocycles. The molecule has 2 aromatic rings. The van der Waals surface area contributed by atoms with Gasteiger partial charge in [-0.3, -0.25) is 4.79 Å². The molecule has 0 saturated heterocycles. The van der Waals surface area contributed by atoms with E-state index in [9.17, 15) is 18.7 Å². The molecule has 0 bridgehead atoms. The highest BCUT2D eigenvalue weighted by molar-refractivity contribution is 5.82. The summed E-state index contributed by atoms with van der Waals surface area (Å²) in [6.07, 6.45) is -0.729. The third-order valence-corrected chi connectivity index (χ3v) is 3.86. The third-order valence-electron chi connectivity index (χ3n) is 3.86. The molecule has 1 aliphatic carbocycles. The van der Waals surface area contributed by atoms with Crippen LogP contribution >= 0.6 is 0 Å². The Balaban J connectivity index is 1.64. The first kappa shape index (κ1) is 14.7. The van der Waals surface area contributed by atoms with Crippen molar-refractivity contribution in [1.29, 1.82) is 0 Å². The molecule has 0 heterocycles. The van der Waals surface area contributed by atoms with Crippen molar-refractivity contribution in [1.82, 2.24) is 5.32 Å². The Morgan fingerprint density at radius 3 is 2.59 bits per heavy atom. The number of hydrogen-bond acceptors (Lipinski definition) is 2. The van der Waals surface area contributed by atoms with Crippen molar-refractivity contribution in [3.05, 3.63) is 71.3 Å². The topological polar surface area (TPSA) is 49.3 Å². The second kappa shape index (κ2) is 5.85. The molecule has 1 saturated carbocycles. The van der Waals surface area contributed by atoms with Gasteiger partial charge in [-0.15, -0.1) is 0 Å². The van der Waals surface area contributed by atoms with Crippen molar-refractivity contribution in [2.24, 2.45) is 0 Å². The van der Waals surface area contributed by atoms with Crippen LogP contribution in [0.1, 0.15) is 29.6 Å². The first-order valence-corrected chi connectivity index (χ1v) is 7.05. The van der Waals surface area contributed by atoms with Crippen LogP contribution < -0.4 is 5.32 Å². The average Bonchev–Trinajstić information content (AvgIpc) is 3.29. The van der Waals surface area contributed by atoms with Gasteiger partial charge < -0.3 is 10.4 Å². The molecule has 2 aromatic carbocycles. The number of carbonyl (C=O) groups is 1. The summed E-state index contributed by atoms with van der Waals surface area (Å²) in [6.45, 7) is 0. The molecule has 0 aromatic heterocycles. The van der Waals surface area contributed by atoms with Gasteiger partial charge in [0.15, 0.2) is 17.7 Å². The second-order valence-electron chi connectivity index (χ2n) is 5.41. The van der Waals surface area contributed by atoms with Gasteiger partial charge in [0.25, 0.3) is 5.91 Å². The molecule has 22 heavy (non-hydrogen) atoms. The van der Waals surface area contributed by atoms with Gasteiger partial charge in [0.1, 0.15) is 0 Å². The van der Waals surface area contributed by atoms with E-state index in [-0.39, 0.29) is 17.5 Å². The van der Waals surface area contributed by atoms with Gasteiger partial charge in [-0.25, -0.2) is 8.78 Å². The Kier molecular flexibility index (Phi) is 3.90. The number of halogens is 2. The highest BCUT2D eigenvalue weighted by Crippen LogP contribution is 2.42. The van der Waals surface area contributed by atoms with Gasteiger partial charge in [0.2, 0.25) is 0 Å². The van der Waals surface area contributed by atoms with Gasteiger partial charge in [-0.2, -0.15) is 0 Å². The Hall–Kier alpha value is -2.27. The minimum atomic E-state index is -1.26. The summed E-state index contributed by atoms with van der Waals surface area (Å²) < 4.78 is 26.9. The number of rotatable bonds is 4. The number of nitrogens with one attached hydrogen (secondary N) is 1. The van der Waals surface area contributed by atoms with Crippen molar-refractivity contribution >= 4 is 5.91 Å². The van der Waals surface area contributed by atoms with Crippen LogP contribution in [0.2, 0.25) is 0 Å². The fourth-order valence-corrected chi connectivity index (χ4v) is 2.55. The lowest BCUT2D eigenvalue weighted by atomic mass is 10.1. The summed E-state index contributed by atoms with van der Waals surface area (Å²) in [5, 5.41) is 12.6. The Morgan fingerprint density at radius 1 is 1.14 bits per heavy atom. The summed E-state index contributed by atoms with van der Waals surface area (Å²) in [5.74, 6) is -2.54. The van der Waals surface area contributed by atoms with E-state index in [4.69, 9.17) is 0 Å². The predicted octanol–water partition coefficient (Wildman–Crippen LogP) is 2.67. The molecular formula is C17H15F2NO2. The van der Waals surface area contributed by atoms with E-state index >= 15 is 0 Å². The summed E-state index contributed by atoms with van der Waals surface area (Å²) >= 11 is 0. The number of carbonyl (C=O) groups excluding carboxylic acids is 1. The largest absolute Gasteiger partial charge is 0.378 e. The fraction of sp³-hybridized carbons (Fsp3) is 0.235. The standard InChI is InChI=1S/C17H15F2NO2/c18-13-8-4-7-11(15(13)19)12-9-14(12)20-17(22)16(21)10-5-2-1-3-6-10/h1-8,12,14,16,21H,9H2,(H,20,22)/t12-,14+,16+/m0/s1. The molecule has 1 fully saturated rings. The summed E-state index contributed by atoms with van der Waals surface area (Å²) in [4.78, 5) is 12.0. The third kappa shape index (κ3) is 2.85. The van der Waals surface area contributed by atoms with Crippen molar-refractivity contribution < 1.29 is 18.7 Å². The number of benzene rings is 2. The van der Waals surface area contributed by atoms with Crippen LogP contribution in [0.4, 0.5) is 8.78 Å². The summed E-state index contributed by atoms with van der Waals surface area (Å²) in [5.41, 5.74) is 0.758. The maximum absolute atomic E-state index is 13.7. The van der Waals surface area contributed by atoms with Gasteiger partial charge in [-0.1, -0.05) is 42.5 Å². The number of amides is 1. The highest BCUT2D eigenvalue weighted by Gasteiger charge is 2.42. The zero-order chi connectivity index (χ0) is 15.7. The molecule has 3 rings (SSSR count). The first-order chi connectivity index (χ1) is 10.6. The van der Waals surface area contributed by atoms with Crippen LogP contribution in [0.5, 0.6) is 0 Å². The molecular weight excluding hydrogens is 288 g/mol.